The molecule has 0 radical (unpaired) electrons. The smallest absolute Gasteiger partial charge is 0.338 e. The summed E-state index contributed by atoms with van der Waals surface area (Å²) in [6.45, 7) is 8.26. The maximum absolute atomic E-state index is 12.1. The van der Waals surface area contributed by atoms with Crippen LogP contribution >= 0.6 is 0 Å². The number of ether oxygens (including phenoxy) is 1. The number of rotatable bonds is 5. The molecule has 0 bridgehead atoms. The highest BCUT2D eigenvalue weighted by molar-refractivity contribution is 5.94. The second-order valence-corrected chi connectivity index (χ2v) is 6.54. The van der Waals surface area contributed by atoms with Crippen LogP contribution in [0.3, 0.4) is 0 Å². The van der Waals surface area contributed by atoms with Crippen molar-refractivity contribution >= 4 is 17.6 Å². The highest BCUT2D eigenvalue weighted by Gasteiger charge is 2.18. The van der Waals surface area contributed by atoms with E-state index in [4.69, 9.17) is 4.74 Å². The summed E-state index contributed by atoms with van der Waals surface area (Å²) in [5, 5.41) is 2.87. The first-order valence-corrected chi connectivity index (χ1v) is 8.27. The summed E-state index contributed by atoms with van der Waals surface area (Å²) in [4.78, 5) is 26.0. The fourth-order valence-electron chi connectivity index (χ4n) is 2.60. The van der Waals surface area contributed by atoms with Crippen molar-refractivity contribution in [3.05, 3.63) is 29.8 Å². The second-order valence-electron chi connectivity index (χ2n) is 6.54. The Balaban J connectivity index is 1.83. The lowest BCUT2D eigenvalue weighted by atomic mass is 9.99. The molecule has 1 fully saturated rings. The van der Waals surface area contributed by atoms with E-state index in [1.807, 2.05) is 13.8 Å². The largest absolute Gasteiger partial charge is 0.459 e. The number of likely N-dealkylation sites (tertiary alicyclic amines) is 1. The van der Waals surface area contributed by atoms with Gasteiger partial charge in [-0.05, 0) is 70.0 Å². The first kappa shape index (κ1) is 17.5. The van der Waals surface area contributed by atoms with Crippen LogP contribution in [0, 0.1) is 5.92 Å². The Morgan fingerprint density at radius 2 is 1.83 bits per heavy atom. The van der Waals surface area contributed by atoms with E-state index in [1.54, 1.807) is 24.3 Å². The van der Waals surface area contributed by atoms with Gasteiger partial charge in [0.2, 0.25) is 5.91 Å². The van der Waals surface area contributed by atoms with Crippen molar-refractivity contribution in [3.63, 3.8) is 0 Å². The van der Waals surface area contributed by atoms with Crippen LogP contribution < -0.4 is 5.32 Å². The minimum Gasteiger partial charge on any atom is -0.459 e. The first-order valence-electron chi connectivity index (χ1n) is 8.27. The van der Waals surface area contributed by atoms with Gasteiger partial charge < -0.3 is 10.1 Å². The standard InChI is InChI=1S/C18H26N2O3/c1-13(2)23-18(22)15-4-6-16(7-5-15)19-17(21)12-20-10-8-14(3)9-11-20/h4-7,13-14H,8-12H2,1-3H3,(H,19,21). The Morgan fingerprint density at radius 3 is 2.39 bits per heavy atom. The summed E-state index contributed by atoms with van der Waals surface area (Å²) in [5.74, 6) is 0.393. The number of piperidine rings is 1. The van der Waals surface area contributed by atoms with E-state index in [2.05, 4.69) is 17.1 Å². The van der Waals surface area contributed by atoms with E-state index < -0.39 is 0 Å². The van der Waals surface area contributed by atoms with Crippen LogP contribution in [0.5, 0.6) is 0 Å². The zero-order valence-corrected chi connectivity index (χ0v) is 14.2. The molecule has 0 saturated carbocycles. The van der Waals surface area contributed by atoms with Gasteiger partial charge in [0.25, 0.3) is 0 Å². The highest BCUT2D eigenvalue weighted by Crippen LogP contribution is 2.16. The van der Waals surface area contributed by atoms with Gasteiger partial charge in [-0.25, -0.2) is 4.79 Å². The summed E-state index contributed by atoms with van der Waals surface area (Å²) in [6.07, 6.45) is 2.16. The SMILES string of the molecule is CC1CCN(CC(=O)Nc2ccc(C(=O)OC(C)C)cc2)CC1. The molecule has 1 saturated heterocycles. The number of esters is 1. The van der Waals surface area contributed by atoms with Crippen LogP contribution in [0.2, 0.25) is 0 Å². The zero-order chi connectivity index (χ0) is 16.8. The number of carbonyl (C=O) groups excluding carboxylic acids is 2. The number of hydrogen-bond donors (Lipinski definition) is 1. The van der Waals surface area contributed by atoms with Crippen molar-refractivity contribution in [2.45, 2.75) is 39.7 Å². The molecule has 2 rings (SSSR count). The van der Waals surface area contributed by atoms with Crippen LogP contribution in [-0.4, -0.2) is 42.5 Å². The van der Waals surface area contributed by atoms with E-state index in [1.165, 1.54) is 0 Å². The number of hydrogen-bond acceptors (Lipinski definition) is 4. The molecule has 0 unspecified atom stereocenters. The molecule has 0 spiro atoms. The van der Waals surface area contributed by atoms with E-state index in [9.17, 15) is 9.59 Å². The lowest BCUT2D eigenvalue weighted by Crippen LogP contribution is -2.38. The Labute approximate surface area is 138 Å². The lowest BCUT2D eigenvalue weighted by molar-refractivity contribution is -0.117. The molecular weight excluding hydrogens is 292 g/mol. The topological polar surface area (TPSA) is 58.6 Å². The second kappa shape index (κ2) is 8.11. The van der Waals surface area contributed by atoms with Gasteiger partial charge >= 0.3 is 5.97 Å². The van der Waals surface area contributed by atoms with E-state index in [0.29, 0.717) is 17.8 Å². The van der Waals surface area contributed by atoms with Crippen molar-refractivity contribution in [2.24, 2.45) is 5.92 Å². The predicted octanol–water partition coefficient (Wildman–Crippen LogP) is 2.92. The summed E-state index contributed by atoms with van der Waals surface area (Å²) in [7, 11) is 0. The number of anilines is 1. The number of amides is 1. The van der Waals surface area contributed by atoms with Crippen molar-refractivity contribution < 1.29 is 14.3 Å². The molecule has 1 heterocycles. The molecule has 126 valence electrons. The molecule has 5 nitrogen and oxygen atoms in total. The molecule has 0 atom stereocenters. The number of benzene rings is 1. The van der Waals surface area contributed by atoms with Crippen LogP contribution in [0.25, 0.3) is 0 Å². The molecule has 1 aliphatic heterocycles. The highest BCUT2D eigenvalue weighted by atomic mass is 16.5. The molecule has 5 heteroatoms. The Bertz CT molecular complexity index is 532. The van der Waals surface area contributed by atoms with E-state index in [0.717, 1.165) is 31.8 Å². The molecular formula is C18H26N2O3. The van der Waals surface area contributed by atoms with E-state index >= 15 is 0 Å². The van der Waals surface area contributed by atoms with Crippen LogP contribution in [-0.2, 0) is 9.53 Å². The molecule has 0 aromatic heterocycles. The van der Waals surface area contributed by atoms with E-state index in [-0.39, 0.29) is 18.0 Å². The number of carbonyl (C=O) groups is 2. The fraction of sp³-hybridized carbons (Fsp3) is 0.556. The monoisotopic (exact) mass is 318 g/mol. The van der Waals surface area contributed by atoms with Crippen LogP contribution in [0.4, 0.5) is 5.69 Å². The van der Waals surface area contributed by atoms with Crippen molar-refractivity contribution in [1.29, 1.82) is 0 Å². The summed E-state index contributed by atoms with van der Waals surface area (Å²) in [6, 6.07) is 6.80. The predicted molar refractivity (Wildman–Crippen MR) is 90.5 cm³/mol. The first-order chi connectivity index (χ1) is 10.9. The van der Waals surface area contributed by atoms with Crippen molar-refractivity contribution in [2.75, 3.05) is 25.0 Å². The Kier molecular flexibility index (Phi) is 6.16. The molecule has 23 heavy (non-hydrogen) atoms. The van der Waals surface area contributed by atoms with Crippen molar-refractivity contribution in [1.82, 2.24) is 4.90 Å². The Morgan fingerprint density at radius 1 is 1.22 bits per heavy atom. The van der Waals surface area contributed by atoms with Gasteiger partial charge in [-0.2, -0.15) is 0 Å². The summed E-state index contributed by atoms with van der Waals surface area (Å²) in [5.41, 5.74) is 1.18. The number of nitrogens with one attached hydrogen (secondary N) is 1. The number of nitrogens with zero attached hydrogens (tertiary/aromatic N) is 1. The molecule has 1 aromatic carbocycles. The summed E-state index contributed by atoms with van der Waals surface area (Å²) < 4.78 is 5.13. The third-order valence-corrected chi connectivity index (χ3v) is 3.99. The van der Waals surface area contributed by atoms with Gasteiger partial charge in [0.05, 0.1) is 18.2 Å². The van der Waals surface area contributed by atoms with Gasteiger partial charge in [0.1, 0.15) is 0 Å². The van der Waals surface area contributed by atoms with Gasteiger partial charge in [-0.3, -0.25) is 9.69 Å². The Hall–Kier alpha value is -1.88. The summed E-state index contributed by atoms with van der Waals surface area (Å²) >= 11 is 0. The molecule has 1 aliphatic rings. The quantitative estimate of drug-likeness (QED) is 0.848. The molecule has 0 aliphatic carbocycles. The van der Waals surface area contributed by atoms with Gasteiger partial charge in [-0.15, -0.1) is 0 Å². The minimum absolute atomic E-state index is 0.0166. The van der Waals surface area contributed by atoms with Gasteiger partial charge in [-0.1, -0.05) is 6.92 Å². The molecule has 1 amide bonds. The average Bonchev–Trinajstić information content (AvgIpc) is 2.49. The van der Waals surface area contributed by atoms with Crippen LogP contribution in [0.1, 0.15) is 44.0 Å². The van der Waals surface area contributed by atoms with Gasteiger partial charge in [0.15, 0.2) is 0 Å². The lowest BCUT2D eigenvalue weighted by Gasteiger charge is -2.29. The third-order valence-electron chi connectivity index (χ3n) is 3.99. The maximum Gasteiger partial charge on any atom is 0.338 e. The fourth-order valence-corrected chi connectivity index (χ4v) is 2.60. The average molecular weight is 318 g/mol. The third kappa shape index (κ3) is 5.67. The van der Waals surface area contributed by atoms with Crippen LogP contribution in [0.15, 0.2) is 24.3 Å². The normalized spacial score (nSPS) is 16.3. The minimum atomic E-state index is -0.347. The zero-order valence-electron chi connectivity index (χ0n) is 14.2. The van der Waals surface area contributed by atoms with Gasteiger partial charge in [0, 0.05) is 5.69 Å². The van der Waals surface area contributed by atoms with Crippen molar-refractivity contribution in [3.8, 4) is 0 Å². The molecule has 1 aromatic rings. The molecule has 1 N–H and O–H groups in total. The maximum atomic E-state index is 12.1.